The Bertz CT molecular complexity index is 1300. The predicted molar refractivity (Wildman–Crippen MR) is 126 cm³/mol. The fourth-order valence-electron chi connectivity index (χ4n) is 4.53. The van der Waals surface area contributed by atoms with Crippen LogP contribution in [0.25, 0.3) is 11.0 Å². The molecule has 33 heavy (non-hydrogen) atoms. The second-order valence-corrected chi connectivity index (χ2v) is 10.8. The number of hydrogen-bond acceptors (Lipinski definition) is 5. The Morgan fingerprint density at radius 3 is 2.58 bits per heavy atom. The number of benzene rings is 2. The summed E-state index contributed by atoms with van der Waals surface area (Å²) in [5.74, 6) is 0.00126. The zero-order valence-corrected chi connectivity index (χ0v) is 19.7. The molecule has 0 radical (unpaired) electrons. The van der Waals surface area contributed by atoms with Gasteiger partial charge >= 0.3 is 11.7 Å². The minimum absolute atomic E-state index is 0.101. The van der Waals surface area contributed by atoms with E-state index in [4.69, 9.17) is 4.74 Å². The highest BCUT2D eigenvalue weighted by Gasteiger charge is 2.32. The Balaban J connectivity index is 1.38. The normalized spacial score (nSPS) is 19.6. The van der Waals surface area contributed by atoms with Crippen LogP contribution in [0.15, 0.2) is 58.2 Å². The largest absolute Gasteiger partial charge is 0.462 e. The first-order valence-electron chi connectivity index (χ1n) is 11.2. The summed E-state index contributed by atoms with van der Waals surface area (Å²) >= 11 is 0. The first kappa shape index (κ1) is 23.3. The van der Waals surface area contributed by atoms with Crippen LogP contribution in [0, 0.1) is 11.8 Å². The lowest BCUT2D eigenvalue weighted by Crippen LogP contribution is -2.42. The van der Waals surface area contributed by atoms with Gasteiger partial charge in [-0.3, -0.25) is 4.57 Å². The van der Waals surface area contributed by atoms with E-state index in [1.165, 1.54) is 16.4 Å². The van der Waals surface area contributed by atoms with E-state index < -0.39 is 16.0 Å². The molecule has 0 bridgehead atoms. The average molecular weight is 472 g/mol. The van der Waals surface area contributed by atoms with Gasteiger partial charge in [-0.1, -0.05) is 32.0 Å². The highest BCUT2D eigenvalue weighted by atomic mass is 32.2. The number of H-pyrrole nitrogens is 1. The second-order valence-electron chi connectivity index (χ2n) is 8.88. The maximum atomic E-state index is 13.1. The van der Waals surface area contributed by atoms with Crippen LogP contribution < -0.4 is 5.69 Å². The molecule has 0 spiro atoms. The van der Waals surface area contributed by atoms with Crippen molar-refractivity contribution in [2.24, 2.45) is 11.8 Å². The van der Waals surface area contributed by atoms with Crippen molar-refractivity contribution in [1.82, 2.24) is 13.9 Å². The lowest BCUT2D eigenvalue weighted by molar-refractivity contribution is 0.0496. The standard InChI is InChI=1S/C24H29N3O5S/c1-17-13-18(2)16-26(15-17)33(30,31)20-8-5-7-19(14-20)23(28)32-12-6-11-27-22-10-4-3-9-21(22)25-24(27)29/h3-5,7-10,14,17-18H,6,11-13,15-16H2,1-2H3,(H,25,29). The number of piperidine rings is 1. The van der Waals surface area contributed by atoms with Crippen LogP contribution in [0.5, 0.6) is 0 Å². The molecule has 1 aromatic heterocycles. The van der Waals surface area contributed by atoms with Crippen molar-refractivity contribution in [2.45, 2.75) is 38.1 Å². The molecule has 1 fully saturated rings. The molecule has 2 aromatic carbocycles. The molecular formula is C24H29N3O5S. The number of carbonyl (C=O) groups is 1. The molecule has 3 aromatic rings. The SMILES string of the molecule is CC1CC(C)CN(S(=O)(=O)c2cccc(C(=O)OCCCn3c(=O)[nH]c4ccccc43)c2)C1. The molecule has 2 atom stereocenters. The van der Waals surface area contributed by atoms with Gasteiger partial charge in [0.25, 0.3) is 0 Å². The number of hydrogen-bond donors (Lipinski definition) is 1. The van der Waals surface area contributed by atoms with Crippen molar-refractivity contribution in [2.75, 3.05) is 19.7 Å². The van der Waals surface area contributed by atoms with E-state index >= 15 is 0 Å². The van der Waals surface area contributed by atoms with Crippen molar-refractivity contribution in [3.05, 3.63) is 64.6 Å². The Morgan fingerprint density at radius 2 is 1.82 bits per heavy atom. The van der Waals surface area contributed by atoms with Crippen LogP contribution in [0.3, 0.4) is 0 Å². The molecular weight excluding hydrogens is 442 g/mol. The summed E-state index contributed by atoms with van der Waals surface area (Å²) in [4.78, 5) is 27.6. The van der Waals surface area contributed by atoms with Crippen molar-refractivity contribution in [3.8, 4) is 0 Å². The third-order valence-electron chi connectivity index (χ3n) is 5.98. The minimum Gasteiger partial charge on any atom is -0.462 e. The number of nitrogens with one attached hydrogen (secondary N) is 1. The van der Waals surface area contributed by atoms with E-state index in [0.29, 0.717) is 37.9 Å². The predicted octanol–water partition coefficient (Wildman–Crippen LogP) is 3.24. The maximum absolute atomic E-state index is 13.1. The van der Waals surface area contributed by atoms with Crippen LogP contribution in [0.2, 0.25) is 0 Å². The third kappa shape index (κ3) is 5.04. The number of rotatable bonds is 7. The quantitative estimate of drug-likeness (QED) is 0.421. The lowest BCUT2D eigenvalue weighted by Gasteiger charge is -2.34. The number of fused-ring (bicyclic) bond motifs is 1. The van der Waals surface area contributed by atoms with Crippen molar-refractivity contribution in [3.63, 3.8) is 0 Å². The van der Waals surface area contributed by atoms with Gasteiger partial charge in [-0.2, -0.15) is 4.31 Å². The monoisotopic (exact) mass is 471 g/mol. The highest BCUT2D eigenvalue weighted by molar-refractivity contribution is 7.89. The van der Waals surface area contributed by atoms with E-state index in [0.717, 1.165) is 17.5 Å². The number of carbonyl (C=O) groups excluding carboxylic acids is 1. The molecule has 4 rings (SSSR count). The van der Waals surface area contributed by atoms with E-state index in [1.807, 2.05) is 24.3 Å². The highest BCUT2D eigenvalue weighted by Crippen LogP contribution is 2.27. The van der Waals surface area contributed by atoms with E-state index in [-0.39, 0.29) is 22.8 Å². The Morgan fingerprint density at radius 1 is 1.09 bits per heavy atom. The van der Waals surface area contributed by atoms with Gasteiger partial charge in [0, 0.05) is 19.6 Å². The van der Waals surface area contributed by atoms with E-state index in [1.54, 1.807) is 16.7 Å². The number of nitrogens with zero attached hydrogens (tertiary/aromatic N) is 2. The molecule has 1 aliphatic heterocycles. The van der Waals surface area contributed by atoms with Crippen LogP contribution in [0.4, 0.5) is 0 Å². The van der Waals surface area contributed by atoms with Gasteiger partial charge in [0.2, 0.25) is 10.0 Å². The molecule has 1 aliphatic rings. The van der Waals surface area contributed by atoms with Gasteiger partial charge in [-0.15, -0.1) is 0 Å². The van der Waals surface area contributed by atoms with Gasteiger partial charge < -0.3 is 9.72 Å². The maximum Gasteiger partial charge on any atom is 0.338 e. The summed E-state index contributed by atoms with van der Waals surface area (Å²) in [6, 6.07) is 13.4. The summed E-state index contributed by atoms with van der Waals surface area (Å²) < 4.78 is 34.7. The van der Waals surface area contributed by atoms with Gasteiger partial charge in [0.1, 0.15) is 0 Å². The fourth-order valence-corrected chi connectivity index (χ4v) is 6.26. The summed E-state index contributed by atoms with van der Waals surface area (Å²) in [6.45, 7) is 5.58. The topological polar surface area (TPSA) is 101 Å². The molecule has 176 valence electrons. The molecule has 0 saturated carbocycles. The minimum atomic E-state index is -3.68. The number of ether oxygens (including phenoxy) is 1. The Hall–Kier alpha value is -2.91. The van der Waals surface area contributed by atoms with E-state index in [9.17, 15) is 18.0 Å². The molecule has 0 amide bonds. The number of esters is 1. The Kier molecular flexibility index (Phi) is 6.71. The number of aromatic amines is 1. The van der Waals surface area contributed by atoms with Crippen LogP contribution in [-0.2, 0) is 21.3 Å². The smallest absolute Gasteiger partial charge is 0.338 e. The summed E-state index contributed by atoms with van der Waals surface area (Å²) in [6.07, 6.45) is 1.46. The van der Waals surface area contributed by atoms with Gasteiger partial charge in [0.05, 0.1) is 28.1 Å². The number of aryl methyl sites for hydroxylation is 1. The first-order valence-corrected chi connectivity index (χ1v) is 12.6. The zero-order chi connectivity index (χ0) is 23.6. The molecule has 1 saturated heterocycles. The van der Waals surface area contributed by atoms with Crippen LogP contribution in [-0.4, -0.2) is 47.9 Å². The lowest BCUT2D eigenvalue weighted by atomic mass is 9.94. The second kappa shape index (κ2) is 9.52. The van der Waals surface area contributed by atoms with Gasteiger partial charge in [-0.05, 0) is 55.0 Å². The molecule has 8 nitrogen and oxygen atoms in total. The number of sulfonamides is 1. The molecule has 9 heteroatoms. The van der Waals surface area contributed by atoms with Crippen LogP contribution >= 0.6 is 0 Å². The fraction of sp³-hybridized carbons (Fsp3) is 0.417. The molecule has 1 N–H and O–H groups in total. The van der Waals surface area contributed by atoms with Crippen molar-refractivity contribution in [1.29, 1.82) is 0 Å². The first-order chi connectivity index (χ1) is 15.8. The summed E-state index contributed by atoms with van der Waals surface area (Å²) in [7, 11) is -3.68. The molecule has 2 unspecified atom stereocenters. The van der Waals surface area contributed by atoms with Gasteiger partial charge in [-0.25, -0.2) is 18.0 Å². The zero-order valence-electron chi connectivity index (χ0n) is 18.9. The van der Waals surface area contributed by atoms with Crippen molar-refractivity contribution < 1.29 is 17.9 Å². The molecule has 0 aliphatic carbocycles. The van der Waals surface area contributed by atoms with Gasteiger partial charge in [0.15, 0.2) is 0 Å². The van der Waals surface area contributed by atoms with E-state index in [2.05, 4.69) is 18.8 Å². The summed E-state index contributed by atoms with van der Waals surface area (Å²) in [5, 5.41) is 0. The van der Waals surface area contributed by atoms with Crippen LogP contribution in [0.1, 0.15) is 37.0 Å². The molecule has 2 heterocycles. The average Bonchev–Trinajstić information content (AvgIpc) is 3.11. The summed E-state index contributed by atoms with van der Waals surface area (Å²) in [5.41, 5.74) is 1.54. The number of aromatic nitrogens is 2. The third-order valence-corrected chi connectivity index (χ3v) is 7.81. The number of para-hydroxylation sites is 2. The van der Waals surface area contributed by atoms with Crippen molar-refractivity contribution >= 4 is 27.0 Å². The Labute approximate surface area is 193 Å². The number of imidazole rings is 1.